The Kier molecular flexibility index (Phi) is 6.72. The van der Waals surface area contributed by atoms with Gasteiger partial charge in [0.15, 0.2) is 0 Å². The Bertz CT molecular complexity index is 937. The first-order valence-electron chi connectivity index (χ1n) is 9.30. The molecule has 0 radical (unpaired) electrons. The molecular weight excluding hydrogens is 372 g/mol. The van der Waals surface area contributed by atoms with E-state index in [1.807, 2.05) is 74.5 Å². The van der Waals surface area contributed by atoms with Gasteiger partial charge >= 0.3 is 0 Å². The molecular formula is C24H23ClO3. The molecule has 0 fully saturated rings. The van der Waals surface area contributed by atoms with Crippen LogP contribution in [-0.4, -0.2) is 5.24 Å². The Morgan fingerprint density at radius 3 is 1.82 bits per heavy atom. The maximum atomic E-state index is 12.0. The SMILES string of the molecule is CCc1c(OCc2ccccc2)c(C)cc(C(=O)Cl)c1OCc1ccccc1. The largest absolute Gasteiger partial charge is 0.488 e. The minimum absolute atomic E-state index is 0.353. The van der Waals surface area contributed by atoms with Crippen molar-refractivity contribution in [2.24, 2.45) is 0 Å². The van der Waals surface area contributed by atoms with Gasteiger partial charge < -0.3 is 9.47 Å². The molecule has 3 aromatic rings. The number of halogens is 1. The molecule has 0 bridgehead atoms. The van der Waals surface area contributed by atoms with Crippen molar-refractivity contribution in [2.75, 3.05) is 0 Å². The van der Waals surface area contributed by atoms with Crippen molar-refractivity contribution in [2.45, 2.75) is 33.5 Å². The summed E-state index contributed by atoms with van der Waals surface area (Å²) in [5.74, 6) is 1.25. The fourth-order valence-electron chi connectivity index (χ4n) is 3.14. The number of hydrogen-bond donors (Lipinski definition) is 0. The van der Waals surface area contributed by atoms with Gasteiger partial charge in [-0.25, -0.2) is 0 Å². The van der Waals surface area contributed by atoms with Crippen molar-refractivity contribution in [1.29, 1.82) is 0 Å². The number of carbonyl (C=O) groups excluding carboxylic acids is 1. The molecule has 3 nitrogen and oxygen atoms in total. The molecule has 0 saturated carbocycles. The van der Waals surface area contributed by atoms with Crippen molar-refractivity contribution in [1.82, 2.24) is 0 Å². The summed E-state index contributed by atoms with van der Waals surface area (Å²) < 4.78 is 12.2. The average Bonchev–Trinajstić information content (AvgIpc) is 2.72. The van der Waals surface area contributed by atoms with Gasteiger partial charge in [0.2, 0.25) is 0 Å². The van der Waals surface area contributed by atoms with Crippen LogP contribution in [0, 0.1) is 6.92 Å². The first-order chi connectivity index (χ1) is 13.6. The second kappa shape index (κ2) is 9.43. The summed E-state index contributed by atoms with van der Waals surface area (Å²) in [7, 11) is 0. The highest BCUT2D eigenvalue weighted by Crippen LogP contribution is 2.38. The van der Waals surface area contributed by atoms with Crippen molar-refractivity contribution in [3.05, 3.63) is 94.5 Å². The zero-order chi connectivity index (χ0) is 19.9. The predicted molar refractivity (Wildman–Crippen MR) is 112 cm³/mol. The first kappa shape index (κ1) is 20.0. The maximum Gasteiger partial charge on any atom is 0.256 e. The summed E-state index contributed by atoms with van der Waals surface area (Å²) >= 11 is 5.86. The van der Waals surface area contributed by atoms with Gasteiger partial charge in [-0.2, -0.15) is 0 Å². The monoisotopic (exact) mass is 394 g/mol. The molecule has 0 N–H and O–H groups in total. The summed E-state index contributed by atoms with van der Waals surface area (Å²) in [5.41, 5.74) is 4.19. The van der Waals surface area contributed by atoms with Gasteiger partial charge in [-0.1, -0.05) is 67.6 Å². The smallest absolute Gasteiger partial charge is 0.256 e. The van der Waals surface area contributed by atoms with E-state index >= 15 is 0 Å². The van der Waals surface area contributed by atoms with Crippen molar-refractivity contribution < 1.29 is 14.3 Å². The second-order valence-corrected chi connectivity index (χ2v) is 6.90. The minimum atomic E-state index is -0.532. The molecule has 0 heterocycles. The summed E-state index contributed by atoms with van der Waals surface area (Å²) in [6.45, 7) is 4.74. The van der Waals surface area contributed by atoms with Crippen LogP contribution >= 0.6 is 11.6 Å². The van der Waals surface area contributed by atoms with E-state index < -0.39 is 5.24 Å². The average molecular weight is 395 g/mol. The predicted octanol–water partition coefficient (Wildman–Crippen LogP) is 6.09. The number of benzene rings is 3. The van der Waals surface area contributed by atoms with Gasteiger partial charge in [0.05, 0.1) is 5.56 Å². The number of aryl methyl sites for hydroxylation is 1. The molecule has 28 heavy (non-hydrogen) atoms. The van der Waals surface area contributed by atoms with Crippen LogP contribution in [0.4, 0.5) is 0 Å². The summed E-state index contributed by atoms with van der Waals surface area (Å²) in [6, 6.07) is 21.5. The van der Waals surface area contributed by atoms with Crippen LogP contribution < -0.4 is 9.47 Å². The second-order valence-electron chi connectivity index (χ2n) is 6.55. The number of carbonyl (C=O) groups is 1. The van der Waals surface area contributed by atoms with Crippen LogP contribution in [0.25, 0.3) is 0 Å². The van der Waals surface area contributed by atoms with Crippen LogP contribution in [-0.2, 0) is 19.6 Å². The molecule has 4 heteroatoms. The lowest BCUT2D eigenvalue weighted by molar-refractivity contribution is 0.107. The zero-order valence-electron chi connectivity index (χ0n) is 16.1. The molecule has 144 valence electrons. The quantitative estimate of drug-likeness (QED) is 0.433. The fourth-order valence-corrected chi connectivity index (χ4v) is 3.28. The highest BCUT2D eigenvalue weighted by Gasteiger charge is 2.21. The molecule has 0 unspecified atom stereocenters. The molecule has 0 amide bonds. The molecule has 3 aromatic carbocycles. The molecule has 0 saturated heterocycles. The standard InChI is InChI=1S/C24H23ClO3/c1-3-20-22(27-15-18-10-6-4-7-11-18)17(2)14-21(24(25)26)23(20)28-16-19-12-8-5-9-13-19/h4-14H,3,15-16H2,1-2H3. The summed E-state index contributed by atoms with van der Waals surface area (Å²) in [4.78, 5) is 12.0. The Morgan fingerprint density at radius 2 is 1.36 bits per heavy atom. The molecule has 0 aliphatic heterocycles. The molecule has 0 spiro atoms. The number of ether oxygens (including phenoxy) is 2. The van der Waals surface area contributed by atoms with Gasteiger partial charge in [0.25, 0.3) is 5.24 Å². The molecule has 0 aromatic heterocycles. The van der Waals surface area contributed by atoms with E-state index in [0.29, 0.717) is 30.9 Å². The number of rotatable bonds is 8. The lowest BCUT2D eigenvalue weighted by atomic mass is 10.0. The molecule has 0 atom stereocenters. The van der Waals surface area contributed by atoms with Gasteiger partial charge in [-0.3, -0.25) is 4.79 Å². The van der Waals surface area contributed by atoms with Crippen LogP contribution in [0.3, 0.4) is 0 Å². The lowest BCUT2D eigenvalue weighted by Gasteiger charge is -2.20. The maximum absolute atomic E-state index is 12.0. The van der Waals surface area contributed by atoms with E-state index in [4.69, 9.17) is 21.1 Å². The van der Waals surface area contributed by atoms with Gasteiger partial charge in [0.1, 0.15) is 24.7 Å². The fraction of sp³-hybridized carbons (Fsp3) is 0.208. The van der Waals surface area contributed by atoms with Gasteiger partial charge in [-0.15, -0.1) is 0 Å². The molecule has 3 rings (SSSR count). The third-order valence-electron chi connectivity index (χ3n) is 4.53. The highest BCUT2D eigenvalue weighted by molar-refractivity contribution is 6.68. The van der Waals surface area contributed by atoms with Crippen LogP contribution in [0.2, 0.25) is 0 Å². The summed E-state index contributed by atoms with van der Waals surface area (Å²) in [6.07, 6.45) is 0.660. The van der Waals surface area contributed by atoms with E-state index in [0.717, 1.165) is 28.0 Å². The normalized spacial score (nSPS) is 10.5. The Morgan fingerprint density at radius 1 is 0.857 bits per heavy atom. The van der Waals surface area contributed by atoms with Crippen LogP contribution in [0.1, 0.15) is 39.5 Å². The van der Waals surface area contributed by atoms with E-state index in [2.05, 4.69) is 0 Å². The van der Waals surface area contributed by atoms with Crippen molar-refractivity contribution >= 4 is 16.8 Å². The van der Waals surface area contributed by atoms with Gasteiger partial charge in [0, 0.05) is 5.56 Å². The van der Waals surface area contributed by atoms with Crippen LogP contribution in [0.5, 0.6) is 11.5 Å². The highest BCUT2D eigenvalue weighted by atomic mass is 35.5. The van der Waals surface area contributed by atoms with E-state index in [9.17, 15) is 4.79 Å². The Balaban J connectivity index is 1.94. The lowest BCUT2D eigenvalue weighted by Crippen LogP contribution is -2.08. The summed E-state index contributed by atoms with van der Waals surface area (Å²) in [5, 5.41) is -0.532. The van der Waals surface area contributed by atoms with Crippen molar-refractivity contribution in [3.63, 3.8) is 0 Å². The number of hydrogen-bond acceptors (Lipinski definition) is 3. The third kappa shape index (κ3) is 4.73. The molecule has 0 aliphatic carbocycles. The third-order valence-corrected chi connectivity index (χ3v) is 4.73. The Labute approximate surface area is 170 Å². The van der Waals surface area contributed by atoms with E-state index in [1.165, 1.54) is 0 Å². The molecule has 0 aliphatic rings. The van der Waals surface area contributed by atoms with Crippen molar-refractivity contribution in [3.8, 4) is 11.5 Å². The van der Waals surface area contributed by atoms with E-state index in [1.54, 1.807) is 6.07 Å². The minimum Gasteiger partial charge on any atom is -0.488 e. The van der Waals surface area contributed by atoms with Crippen LogP contribution in [0.15, 0.2) is 66.7 Å². The first-order valence-corrected chi connectivity index (χ1v) is 9.67. The Hall–Kier alpha value is -2.78. The van der Waals surface area contributed by atoms with E-state index in [-0.39, 0.29) is 0 Å². The van der Waals surface area contributed by atoms with Gasteiger partial charge in [-0.05, 0) is 47.7 Å². The zero-order valence-corrected chi connectivity index (χ0v) is 16.8. The topological polar surface area (TPSA) is 35.5 Å².